The maximum absolute atomic E-state index is 11.8. The van der Waals surface area contributed by atoms with Crippen LogP contribution in [0.2, 0.25) is 0 Å². The molecule has 0 bridgehead atoms. The van der Waals surface area contributed by atoms with E-state index in [1.807, 2.05) is 0 Å². The quantitative estimate of drug-likeness (QED) is 0.736. The van der Waals surface area contributed by atoms with Gasteiger partial charge in [0.2, 0.25) is 0 Å². The lowest BCUT2D eigenvalue weighted by Crippen LogP contribution is -2.36. The number of likely N-dealkylation sites (tertiary alicyclic amines) is 1. The Bertz CT molecular complexity index is 323. The number of rotatable bonds is 2. The van der Waals surface area contributed by atoms with Gasteiger partial charge in [-0.3, -0.25) is 4.79 Å². The Kier molecular flexibility index (Phi) is 4.56. The van der Waals surface area contributed by atoms with Crippen molar-refractivity contribution in [3.05, 3.63) is 0 Å². The van der Waals surface area contributed by atoms with Gasteiger partial charge < -0.3 is 19.5 Å². The van der Waals surface area contributed by atoms with Crippen molar-refractivity contribution in [2.24, 2.45) is 11.8 Å². The van der Waals surface area contributed by atoms with Crippen LogP contribution in [0.5, 0.6) is 0 Å². The van der Waals surface area contributed by atoms with Gasteiger partial charge in [0.1, 0.15) is 5.60 Å². The molecule has 0 aromatic carbocycles. The molecule has 1 rings (SSSR count). The zero-order valence-corrected chi connectivity index (χ0v) is 11.3. The average molecular weight is 259 g/mol. The maximum Gasteiger partial charge on any atom is 0.410 e. The van der Waals surface area contributed by atoms with Crippen LogP contribution in [-0.4, -0.2) is 54.5 Å². The SMILES string of the molecule is COC(=O)[C@H]1CN(C(=O)OC(C)(C)C)C[C@H]1CO. The summed E-state index contributed by atoms with van der Waals surface area (Å²) in [7, 11) is 1.30. The van der Waals surface area contributed by atoms with E-state index in [4.69, 9.17) is 4.74 Å². The Morgan fingerprint density at radius 1 is 1.33 bits per heavy atom. The highest BCUT2D eigenvalue weighted by Gasteiger charge is 2.41. The summed E-state index contributed by atoms with van der Waals surface area (Å²) in [5, 5.41) is 9.23. The molecule has 1 amide bonds. The number of hydrogen-bond acceptors (Lipinski definition) is 5. The highest BCUT2D eigenvalue weighted by molar-refractivity contribution is 5.76. The van der Waals surface area contributed by atoms with Crippen LogP contribution in [-0.2, 0) is 14.3 Å². The number of aliphatic hydroxyl groups is 1. The van der Waals surface area contributed by atoms with Crippen LogP contribution in [0.4, 0.5) is 4.79 Å². The van der Waals surface area contributed by atoms with Gasteiger partial charge in [-0.05, 0) is 20.8 Å². The van der Waals surface area contributed by atoms with Crippen LogP contribution < -0.4 is 0 Å². The Balaban J connectivity index is 2.66. The standard InChI is InChI=1S/C12H21NO5/c1-12(2,3)18-11(16)13-5-8(7-14)9(6-13)10(15)17-4/h8-9,14H,5-7H2,1-4H3/t8-,9-/m0/s1. The zero-order chi connectivity index (χ0) is 13.9. The molecule has 6 nitrogen and oxygen atoms in total. The molecule has 6 heteroatoms. The summed E-state index contributed by atoms with van der Waals surface area (Å²) >= 11 is 0. The van der Waals surface area contributed by atoms with Crippen LogP contribution in [0.25, 0.3) is 0 Å². The fourth-order valence-electron chi connectivity index (χ4n) is 1.95. The molecule has 0 aromatic heterocycles. The van der Waals surface area contributed by atoms with Crippen LogP contribution in [0.15, 0.2) is 0 Å². The number of amides is 1. The molecule has 1 N–H and O–H groups in total. The van der Waals surface area contributed by atoms with E-state index in [1.165, 1.54) is 12.0 Å². The van der Waals surface area contributed by atoms with Crippen molar-refractivity contribution in [2.45, 2.75) is 26.4 Å². The van der Waals surface area contributed by atoms with Crippen LogP contribution in [0, 0.1) is 11.8 Å². The van der Waals surface area contributed by atoms with E-state index in [-0.39, 0.29) is 19.1 Å². The minimum absolute atomic E-state index is 0.154. The van der Waals surface area contributed by atoms with Gasteiger partial charge in [0.05, 0.1) is 13.0 Å². The van der Waals surface area contributed by atoms with Crippen LogP contribution in [0.3, 0.4) is 0 Å². The lowest BCUT2D eigenvalue weighted by Gasteiger charge is -2.24. The number of aliphatic hydroxyl groups excluding tert-OH is 1. The number of methoxy groups -OCH3 is 1. The Morgan fingerprint density at radius 2 is 1.94 bits per heavy atom. The highest BCUT2D eigenvalue weighted by atomic mass is 16.6. The topological polar surface area (TPSA) is 76.1 Å². The number of carbonyl (C=O) groups is 2. The highest BCUT2D eigenvalue weighted by Crippen LogP contribution is 2.25. The van der Waals surface area contributed by atoms with Gasteiger partial charge in [-0.15, -0.1) is 0 Å². The smallest absolute Gasteiger partial charge is 0.410 e. The maximum atomic E-state index is 11.8. The van der Waals surface area contributed by atoms with E-state index in [1.54, 1.807) is 20.8 Å². The predicted molar refractivity (Wildman–Crippen MR) is 63.9 cm³/mol. The molecule has 1 saturated heterocycles. The van der Waals surface area contributed by atoms with Crippen molar-refractivity contribution in [1.82, 2.24) is 4.90 Å². The first-order valence-electron chi connectivity index (χ1n) is 5.95. The Morgan fingerprint density at radius 3 is 2.39 bits per heavy atom. The molecule has 0 aliphatic carbocycles. The van der Waals surface area contributed by atoms with Crippen LogP contribution in [0.1, 0.15) is 20.8 Å². The fourth-order valence-corrected chi connectivity index (χ4v) is 1.95. The van der Waals surface area contributed by atoms with Crippen molar-refractivity contribution in [1.29, 1.82) is 0 Å². The van der Waals surface area contributed by atoms with Gasteiger partial charge >= 0.3 is 12.1 Å². The molecule has 2 atom stereocenters. The van der Waals surface area contributed by atoms with Gasteiger partial charge in [0, 0.05) is 25.6 Å². The number of hydrogen-bond donors (Lipinski definition) is 1. The van der Waals surface area contributed by atoms with E-state index in [2.05, 4.69) is 4.74 Å². The van der Waals surface area contributed by atoms with Crippen molar-refractivity contribution in [3.63, 3.8) is 0 Å². The van der Waals surface area contributed by atoms with Gasteiger partial charge in [0.15, 0.2) is 0 Å². The minimum Gasteiger partial charge on any atom is -0.469 e. The van der Waals surface area contributed by atoms with Crippen molar-refractivity contribution in [2.75, 3.05) is 26.8 Å². The van der Waals surface area contributed by atoms with E-state index in [0.29, 0.717) is 6.54 Å². The summed E-state index contributed by atoms with van der Waals surface area (Å²) < 4.78 is 9.90. The second-order valence-electron chi connectivity index (χ2n) is 5.46. The molecular weight excluding hydrogens is 238 g/mol. The van der Waals surface area contributed by atoms with Crippen molar-refractivity contribution < 1.29 is 24.2 Å². The third-order valence-corrected chi connectivity index (χ3v) is 2.83. The fraction of sp³-hybridized carbons (Fsp3) is 0.833. The summed E-state index contributed by atoms with van der Waals surface area (Å²) in [5.74, 6) is -1.17. The van der Waals surface area contributed by atoms with E-state index in [0.717, 1.165) is 0 Å². The lowest BCUT2D eigenvalue weighted by atomic mass is 9.97. The molecular formula is C12H21NO5. The van der Waals surface area contributed by atoms with Crippen molar-refractivity contribution >= 4 is 12.1 Å². The molecule has 1 heterocycles. The van der Waals surface area contributed by atoms with Gasteiger partial charge in [-0.1, -0.05) is 0 Å². The summed E-state index contributed by atoms with van der Waals surface area (Å²) in [5.41, 5.74) is -0.574. The molecule has 1 aliphatic rings. The number of nitrogens with zero attached hydrogens (tertiary/aromatic N) is 1. The van der Waals surface area contributed by atoms with Gasteiger partial charge in [0.25, 0.3) is 0 Å². The molecule has 18 heavy (non-hydrogen) atoms. The predicted octanol–water partition coefficient (Wildman–Crippen LogP) is 0.635. The third-order valence-electron chi connectivity index (χ3n) is 2.83. The Labute approximate surface area is 107 Å². The number of ether oxygens (including phenoxy) is 2. The Hall–Kier alpha value is -1.30. The summed E-state index contributed by atoms with van der Waals surface area (Å²) in [4.78, 5) is 24.8. The largest absolute Gasteiger partial charge is 0.469 e. The minimum atomic E-state index is -0.574. The van der Waals surface area contributed by atoms with E-state index in [9.17, 15) is 14.7 Å². The monoisotopic (exact) mass is 259 g/mol. The van der Waals surface area contributed by atoms with Gasteiger partial charge in [-0.2, -0.15) is 0 Å². The van der Waals surface area contributed by atoms with Crippen molar-refractivity contribution in [3.8, 4) is 0 Å². The second kappa shape index (κ2) is 5.56. The normalized spacial score (nSPS) is 23.9. The molecule has 1 fully saturated rings. The van der Waals surface area contributed by atoms with E-state index >= 15 is 0 Å². The first-order valence-corrected chi connectivity index (χ1v) is 5.95. The molecule has 0 unspecified atom stereocenters. The summed E-state index contributed by atoms with van der Waals surface area (Å²) in [6, 6.07) is 0. The second-order valence-corrected chi connectivity index (χ2v) is 5.46. The summed E-state index contributed by atoms with van der Waals surface area (Å²) in [6.45, 7) is 5.73. The lowest BCUT2D eigenvalue weighted by molar-refractivity contribution is -0.146. The average Bonchev–Trinajstić information content (AvgIpc) is 2.69. The zero-order valence-electron chi connectivity index (χ0n) is 11.3. The van der Waals surface area contributed by atoms with Crippen LogP contribution >= 0.6 is 0 Å². The van der Waals surface area contributed by atoms with Gasteiger partial charge in [-0.25, -0.2) is 4.79 Å². The summed E-state index contributed by atoms with van der Waals surface area (Å²) in [6.07, 6.45) is -0.465. The molecule has 0 saturated carbocycles. The first-order chi connectivity index (χ1) is 8.28. The molecule has 0 spiro atoms. The number of esters is 1. The molecule has 0 aromatic rings. The molecule has 104 valence electrons. The first kappa shape index (κ1) is 14.8. The molecule has 1 aliphatic heterocycles. The number of carbonyl (C=O) groups excluding carboxylic acids is 2. The third kappa shape index (κ3) is 3.60. The molecule has 0 radical (unpaired) electrons. The van der Waals surface area contributed by atoms with E-state index < -0.39 is 23.6 Å².